The number of benzene rings is 2. The number of anilines is 2. The Hall–Kier alpha value is -7.57. The number of nitrogens with one attached hydrogen (secondary N) is 2. The molecule has 2 aliphatic rings. The van der Waals surface area contributed by atoms with Crippen LogP contribution < -0.4 is 25.6 Å². The summed E-state index contributed by atoms with van der Waals surface area (Å²) in [5.41, 5.74) is 3.77. The number of ether oxygens (including phenoxy) is 2. The predicted molar refractivity (Wildman–Crippen MR) is 255 cm³/mol. The first-order valence-electron chi connectivity index (χ1n) is 21.2. The standard InChI is InChI=1S/C23H19FN6O2.C18H16IN5O2.C5H5BFNO2/c24-20-9-7-16(13-25-20)15-6-8-19-17(12-15)23(31)28-21-5-3-4-18(27-21)22-29-26-14-30(22)10-1-2-11-32-19;19-12-6-7-15-13(10-12)18(25)22-16-5-3-4-14(21-16)17-23-20-11-24(17)8-1-2-9-26-15;7-5-2-1-4(3-8-5)6(9)10/h3-9,12-14H,1-2,10-11H2,(H,27,28,31);3-7,10-11H,1-2,8-9H2,(H,21,22,25);1-3,9-10H. The number of aromatic nitrogens is 10. The number of carbonyl (C=O) groups excluding carboxylic acids is 2. The fourth-order valence-corrected chi connectivity index (χ4v) is 7.39. The van der Waals surface area contributed by atoms with Gasteiger partial charge in [-0.15, -0.1) is 20.4 Å². The lowest BCUT2D eigenvalue weighted by atomic mass is 9.82. The van der Waals surface area contributed by atoms with Gasteiger partial charge in [-0.05, 0) is 127 Å². The minimum absolute atomic E-state index is 0.182. The first-order valence-corrected chi connectivity index (χ1v) is 22.3. The molecule has 2 aliphatic heterocycles. The highest BCUT2D eigenvalue weighted by Crippen LogP contribution is 2.29. The third-order valence-corrected chi connectivity index (χ3v) is 11.0. The van der Waals surface area contributed by atoms with Crippen LogP contribution in [0.4, 0.5) is 20.4 Å². The van der Waals surface area contributed by atoms with Crippen LogP contribution in [0.3, 0.4) is 0 Å². The van der Waals surface area contributed by atoms with Crippen LogP contribution >= 0.6 is 22.6 Å². The maximum Gasteiger partial charge on any atom is 0.490 e. The topological polar surface area (TPSA) is 230 Å². The first-order chi connectivity index (χ1) is 33.1. The molecule has 2 aromatic carbocycles. The second kappa shape index (κ2) is 22.3. The second-order valence-corrected chi connectivity index (χ2v) is 16.3. The molecule has 0 radical (unpaired) electrons. The van der Waals surface area contributed by atoms with Crippen molar-refractivity contribution in [2.45, 2.75) is 38.8 Å². The highest BCUT2D eigenvalue weighted by molar-refractivity contribution is 14.1. The van der Waals surface area contributed by atoms with Crippen LogP contribution in [-0.4, -0.2) is 91.7 Å². The number of aryl methyl sites for hydroxylation is 2. The Morgan fingerprint density at radius 2 is 1.15 bits per heavy atom. The van der Waals surface area contributed by atoms with Gasteiger partial charge in [0, 0.05) is 40.1 Å². The van der Waals surface area contributed by atoms with Crippen molar-refractivity contribution < 1.29 is 37.9 Å². The van der Waals surface area contributed by atoms with Crippen molar-refractivity contribution >= 4 is 58.6 Å². The summed E-state index contributed by atoms with van der Waals surface area (Å²) in [6.07, 6.45) is 9.29. The second-order valence-electron chi connectivity index (χ2n) is 15.0. The fraction of sp³-hybridized carbons (Fsp3) is 0.174. The van der Waals surface area contributed by atoms with E-state index in [1.165, 1.54) is 18.3 Å². The van der Waals surface area contributed by atoms with Gasteiger partial charge in [0.2, 0.25) is 11.9 Å². The lowest BCUT2D eigenvalue weighted by molar-refractivity contribution is 0.101. The molecule has 10 rings (SSSR count). The van der Waals surface area contributed by atoms with Crippen molar-refractivity contribution in [1.29, 1.82) is 0 Å². The summed E-state index contributed by atoms with van der Waals surface area (Å²) in [6, 6.07) is 26.9. The first kappa shape index (κ1) is 46.9. The molecule has 8 heterocycles. The molecule has 344 valence electrons. The van der Waals surface area contributed by atoms with Crippen LogP contribution in [0, 0.1) is 15.5 Å². The molecule has 2 amide bonds. The molecule has 18 nitrogen and oxygen atoms in total. The van der Waals surface area contributed by atoms with Crippen LogP contribution in [0.5, 0.6) is 11.5 Å². The van der Waals surface area contributed by atoms with E-state index in [-0.39, 0.29) is 17.3 Å². The average molecular weight is 1030 g/mol. The molecule has 0 atom stereocenters. The Labute approximate surface area is 401 Å². The Kier molecular flexibility index (Phi) is 15.4. The number of pyridine rings is 4. The zero-order valence-electron chi connectivity index (χ0n) is 35.9. The molecule has 8 aromatic rings. The van der Waals surface area contributed by atoms with E-state index in [1.807, 2.05) is 51.6 Å². The SMILES string of the molecule is O=C1Nc2cccc(n2)-c2nncn2CCCCOc2ccc(-c3ccc(F)nc3)cc21.O=C1Nc2cccc(n2)-c2nncn2CCCCOc2ccc(I)cc21.OB(O)c1ccc(F)nc1. The molecule has 4 N–H and O–H groups in total. The van der Waals surface area contributed by atoms with Gasteiger partial charge >= 0.3 is 7.12 Å². The summed E-state index contributed by atoms with van der Waals surface area (Å²) in [4.78, 5) is 41.9. The molecular weight excluding hydrogens is 992 g/mol. The van der Waals surface area contributed by atoms with Crippen LogP contribution in [0.2, 0.25) is 0 Å². The van der Waals surface area contributed by atoms with E-state index in [0.717, 1.165) is 60.2 Å². The van der Waals surface area contributed by atoms with Gasteiger partial charge in [-0.3, -0.25) is 9.59 Å². The number of hydrogen-bond donors (Lipinski definition) is 4. The molecule has 22 heteroatoms. The maximum atomic E-state index is 13.2. The van der Waals surface area contributed by atoms with E-state index in [1.54, 1.807) is 49.1 Å². The van der Waals surface area contributed by atoms with Gasteiger partial charge in [0.25, 0.3) is 11.8 Å². The number of fused-ring (bicyclic) bond motifs is 10. The molecule has 0 unspecified atom stereocenters. The van der Waals surface area contributed by atoms with Gasteiger partial charge in [0.15, 0.2) is 11.6 Å². The normalized spacial score (nSPS) is 13.4. The number of amides is 2. The zero-order valence-corrected chi connectivity index (χ0v) is 38.1. The number of halogens is 3. The zero-order chi connectivity index (χ0) is 47.4. The molecule has 0 saturated heterocycles. The maximum absolute atomic E-state index is 13.2. The number of rotatable bonds is 2. The minimum Gasteiger partial charge on any atom is -0.493 e. The Bertz CT molecular complexity index is 3020. The van der Waals surface area contributed by atoms with E-state index in [4.69, 9.17) is 19.5 Å². The summed E-state index contributed by atoms with van der Waals surface area (Å²) in [6.45, 7) is 2.51. The summed E-state index contributed by atoms with van der Waals surface area (Å²) in [5.74, 6) is 1.43. The Balaban J connectivity index is 0.000000155. The van der Waals surface area contributed by atoms with Crippen molar-refractivity contribution in [3.05, 3.63) is 149 Å². The smallest absolute Gasteiger partial charge is 0.490 e. The molecule has 0 aliphatic carbocycles. The van der Waals surface area contributed by atoms with Crippen molar-refractivity contribution in [2.75, 3.05) is 23.8 Å². The van der Waals surface area contributed by atoms with Gasteiger partial charge in [-0.25, -0.2) is 19.9 Å². The van der Waals surface area contributed by atoms with Crippen LogP contribution in [0.1, 0.15) is 46.4 Å². The van der Waals surface area contributed by atoms with Gasteiger partial charge in [-0.2, -0.15) is 8.78 Å². The van der Waals surface area contributed by atoms with Gasteiger partial charge in [-0.1, -0.05) is 24.3 Å². The molecule has 68 heavy (non-hydrogen) atoms. The largest absolute Gasteiger partial charge is 0.493 e. The van der Waals surface area contributed by atoms with Crippen molar-refractivity contribution in [2.24, 2.45) is 0 Å². The molecule has 0 spiro atoms. The number of hydrogen-bond acceptors (Lipinski definition) is 14. The number of nitrogens with zero attached hydrogens (tertiary/aromatic N) is 10. The molecule has 0 saturated carbocycles. The van der Waals surface area contributed by atoms with E-state index in [0.29, 0.717) is 76.1 Å². The highest BCUT2D eigenvalue weighted by atomic mass is 127. The lowest BCUT2D eigenvalue weighted by Crippen LogP contribution is -2.30. The van der Waals surface area contributed by atoms with Gasteiger partial charge in [0.1, 0.15) is 47.2 Å². The third kappa shape index (κ3) is 12.1. The average Bonchev–Trinajstić information content (AvgIpc) is 4.02. The van der Waals surface area contributed by atoms with Crippen molar-refractivity contribution in [1.82, 2.24) is 49.5 Å². The molecule has 6 aromatic heterocycles. The number of carbonyl (C=O) groups is 2. The van der Waals surface area contributed by atoms with Crippen molar-refractivity contribution in [3.8, 4) is 45.7 Å². The van der Waals surface area contributed by atoms with E-state index < -0.39 is 19.0 Å². The molecule has 0 fully saturated rings. The minimum atomic E-state index is -1.58. The summed E-state index contributed by atoms with van der Waals surface area (Å²) in [7, 11) is -1.58. The quantitative estimate of drug-likeness (QED) is 0.0855. The summed E-state index contributed by atoms with van der Waals surface area (Å²) < 4.78 is 42.0. The Morgan fingerprint density at radius 1 is 0.618 bits per heavy atom. The van der Waals surface area contributed by atoms with Crippen LogP contribution in [0.15, 0.2) is 122 Å². The third-order valence-electron chi connectivity index (χ3n) is 10.3. The fourth-order valence-electron chi connectivity index (χ4n) is 6.90. The summed E-state index contributed by atoms with van der Waals surface area (Å²) >= 11 is 2.18. The van der Waals surface area contributed by atoms with Crippen LogP contribution in [-0.2, 0) is 13.1 Å². The molecule has 4 bridgehead atoms. The monoisotopic (exact) mass is 1030 g/mol. The molecular formula is C46H40BF2IN12O6. The highest BCUT2D eigenvalue weighted by Gasteiger charge is 2.19. The van der Waals surface area contributed by atoms with E-state index >= 15 is 0 Å². The summed E-state index contributed by atoms with van der Waals surface area (Å²) in [5, 5.41) is 39.1. The van der Waals surface area contributed by atoms with Gasteiger partial charge < -0.3 is 39.3 Å². The Morgan fingerprint density at radius 3 is 1.68 bits per heavy atom. The predicted octanol–water partition coefficient (Wildman–Crippen LogP) is 6.24. The van der Waals surface area contributed by atoms with Crippen LogP contribution in [0.25, 0.3) is 34.2 Å². The van der Waals surface area contributed by atoms with Gasteiger partial charge in [0.05, 0.1) is 24.3 Å². The lowest BCUT2D eigenvalue weighted by Gasteiger charge is -2.15. The van der Waals surface area contributed by atoms with E-state index in [9.17, 15) is 18.4 Å². The van der Waals surface area contributed by atoms with E-state index in [2.05, 4.69) is 73.6 Å². The van der Waals surface area contributed by atoms with Crippen molar-refractivity contribution in [3.63, 3.8) is 0 Å².